The van der Waals surface area contributed by atoms with Crippen LogP contribution in [0.4, 0.5) is 17.5 Å². The highest BCUT2D eigenvalue weighted by Crippen LogP contribution is 2.20. The van der Waals surface area contributed by atoms with E-state index in [0.29, 0.717) is 6.54 Å². The Labute approximate surface area is 92.0 Å². The van der Waals surface area contributed by atoms with E-state index < -0.39 is 4.92 Å². The zero-order valence-corrected chi connectivity index (χ0v) is 9.01. The molecule has 1 unspecified atom stereocenters. The summed E-state index contributed by atoms with van der Waals surface area (Å²) in [6.45, 7) is 2.22. The minimum absolute atomic E-state index is 0.0156. The lowest BCUT2D eigenvalue weighted by atomic mass is 10.4. The zero-order chi connectivity index (χ0) is 12.1. The first-order chi connectivity index (χ1) is 7.54. The number of nitrogens with one attached hydrogen (secondary N) is 1. The Balaban J connectivity index is 2.84. The van der Waals surface area contributed by atoms with Crippen molar-refractivity contribution in [2.24, 2.45) is 0 Å². The van der Waals surface area contributed by atoms with E-state index in [1.807, 2.05) is 6.92 Å². The number of nitrogens with zero attached hydrogens (tertiary/aromatic N) is 3. The van der Waals surface area contributed by atoms with Gasteiger partial charge in [0.05, 0.1) is 11.0 Å². The van der Waals surface area contributed by atoms with Crippen molar-refractivity contribution >= 4 is 17.5 Å². The van der Waals surface area contributed by atoms with Crippen LogP contribution >= 0.6 is 0 Å². The zero-order valence-electron chi connectivity index (χ0n) is 9.01. The second kappa shape index (κ2) is 5.21. The number of aromatic nitrogens is 2. The number of hydrogen-bond donors (Lipinski definition) is 2. The summed E-state index contributed by atoms with van der Waals surface area (Å²) in [6, 6.07) is 0. The van der Waals surface area contributed by atoms with E-state index >= 15 is 0 Å². The van der Waals surface area contributed by atoms with E-state index in [9.17, 15) is 10.1 Å². The molecule has 1 aromatic rings. The number of hydrogen-bond acceptors (Lipinski definition) is 7. The Kier molecular flexibility index (Phi) is 3.95. The van der Waals surface area contributed by atoms with Crippen LogP contribution < -0.4 is 11.1 Å². The van der Waals surface area contributed by atoms with Crippen LogP contribution in [0, 0.1) is 10.1 Å². The molecule has 8 nitrogen and oxygen atoms in total. The summed E-state index contributed by atoms with van der Waals surface area (Å²) < 4.78 is 5.00. The maximum atomic E-state index is 10.7. The second-order valence-corrected chi connectivity index (χ2v) is 3.15. The number of anilines is 2. The molecule has 0 aliphatic heterocycles. The summed E-state index contributed by atoms with van der Waals surface area (Å²) in [4.78, 5) is 17.4. The highest BCUT2D eigenvalue weighted by Gasteiger charge is 2.16. The van der Waals surface area contributed by atoms with E-state index in [1.165, 1.54) is 0 Å². The smallest absolute Gasteiger partial charge is 0.329 e. The maximum absolute atomic E-state index is 10.7. The van der Waals surface area contributed by atoms with Gasteiger partial charge in [-0.25, -0.2) is 4.98 Å². The molecule has 3 N–H and O–H groups in total. The van der Waals surface area contributed by atoms with Gasteiger partial charge in [0.25, 0.3) is 0 Å². The van der Waals surface area contributed by atoms with Gasteiger partial charge in [-0.2, -0.15) is 4.98 Å². The van der Waals surface area contributed by atoms with Gasteiger partial charge < -0.3 is 15.8 Å². The third-order valence-electron chi connectivity index (χ3n) is 1.94. The van der Waals surface area contributed by atoms with Gasteiger partial charge in [-0.05, 0) is 6.92 Å². The summed E-state index contributed by atoms with van der Waals surface area (Å²) >= 11 is 0. The minimum Gasteiger partial charge on any atom is -0.380 e. The Morgan fingerprint density at radius 2 is 2.44 bits per heavy atom. The molecule has 88 valence electrons. The van der Waals surface area contributed by atoms with Gasteiger partial charge in [0.1, 0.15) is 6.20 Å². The molecule has 0 amide bonds. The quantitative estimate of drug-likeness (QED) is 0.552. The van der Waals surface area contributed by atoms with Gasteiger partial charge in [0.2, 0.25) is 11.8 Å². The molecule has 0 aliphatic carbocycles. The summed E-state index contributed by atoms with van der Waals surface area (Å²) in [5, 5.41) is 13.4. The predicted octanol–water partition coefficient (Wildman–Crippen LogP) is 0.414. The van der Waals surface area contributed by atoms with E-state index in [0.717, 1.165) is 6.20 Å². The van der Waals surface area contributed by atoms with Gasteiger partial charge >= 0.3 is 5.69 Å². The van der Waals surface area contributed by atoms with Crippen LogP contribution in [0.25, 0.3) is 0 Å². The van der Waals surface area contributed by atoms with Gasteiger partial charge in [0.15, 0.2) is 0 Å². The summed E-state index contributed by atoms with van der Waals surface area (Å²) in [7, 11) is 1.55. The molecule has 0 saturated carbocycles. The van der Waals surface area contributed by atoms with Gasteiger partial charge in [-0.15, -0.1) is 0 Å². The van der Waals surface area contributed by atoms with Gasteiger partial charge in [0, 0.05) is 13.7 Å². The predicted molar refractivity (Wildman–Crippen MR) is 58.1 cm³/mol. The normalized spacial score (nSPS) is 12.1. The van der Waals surface area contributed by atoms with Crippen LogP contribution in [0.2, 0.25) is 0 Å². The average molecular weight is 227 g/mol. The standard InChI is InChI=1S/C8H13N5O3/c1-5(16-2)3-10-7-6(13(14)15)4-11-8(9)12-7/h4-5H,3H2,1-2H3,(H3,9,10,11,12). The highest BCUT2D eigenvalue weighted by molar-refractivity contribution is 5.56. The number of nitro groups is 1. The summed E-state index contributed by atoms with van der Waals surface area (Å²) in [5.41, 5.74) is 5.14. The molecule has 1 aromatic heterocycles. The second-order valence-electron chi connectivity index (χ2n) is 3.15. The fourth-order valence-corrected chi connectivity index (χ4v) is 0.977. The molecule has 0 fully saturated rings. The molecule has 0 saturated heterocycles. The van der Waals surface area contributed by atoms with Crippen LogP contribution in [-0.4, -0.2) is 34.6 Å². The first-order valence-corrected chi connectivity index (χ1v) is 4.58. The monoisotopic (exact) mass is 227 g/mol. The average Bonchev–Trinajstić information content (AvgIpc) is 2.25. The van der Waals surface area contributed by atoms with Gasteiger partial charge in [-0.3, -0.25) is 10.1 Å². The number of methoxy groups -OCH3 is 1. The van der Waals surface area contributed by atoms with Gasteiger partial charge in [-0.1, -0.05) is 0 Å². The Hall–Kier alpha value is -1.96. The van der Waals surface area contributed by atoms with Crippen molar-refractivity contribution in [1.82, 2.24) is 9.97 Å². The number of rotatable bonds is 5. The molecule has 0 bridgehead atoms. The van der Waals surface area contributed by atoms with Crippen LogP contribution in [0.5, 0.6) is 0 Å². The molecule has 16 heavy (non-hydrogen) atoms. The lowest BCUT2D eigenvalue weighted by Crippen LogP contribution is -2.19. The van der Waals surface area contributed by atoms with E-state index in [-0.39, 0.29) is 23.6 Å². The molecule has 0 aromatic carbocycles. The fraction of sp³-hybridized carbons (Fsp3) is 0.500. The fourth-order valence-electron chi connectivity index (χ4n) is 0.977. The van der Waals surface area contributed by atoms with Crippen molar-refractivity contribution in [3.63, 3.8) is 0 Å². The Morgan fingerprint density at radius 3 is 3.00 bits per heavy atom. The largest absolute Gasteiger partial charge is 0.380 e. The Bertz CT molecular complexity index is 384. The van der Waals surface area contributed by atoms with Crippen LogP contribution in [0.3, 0.4) is 0 Å². The Morgan fingerprint density at radius 1 is 1.75 bits per heavy atom. The molecular weight excluding hydrogens is 214 g/mol. The third kappa shape index (κ3) is 3.02. The van der Waals surface area contributed by atoms with Crippen molar-refractivity contribution in [1.29, 1.82) is 0 Å². The molecule has 0 spiro atoms. The van der Waals surface area contributed by atoms with E-state index in [4.69, 9.17) is 10.5 Å². The molecular formula is C8H13N5O3. The van der Waals surface area contributed by atoms with Crippen LogP contribution in [-0.2, 0) is 4.74 Å². The molecule has 0 radical (unpaired) electrons. The lowest BCUT2D eigenvalue weighted by molar-refractivity contribution is -0.384. The topological polar surface area (TPSA) is 116 Å². The van der Waals surface area contributed by atoms with Crippen molar-refractivity contribution in [2.45, 2.75) is 13.0 Å². The van der Waals surface area contributed by atoms with Crippen LogP contribution in [0.1, 0.15) is 6.92 Å². The van der Waals surface area contributed by atoms with E-state index in [2.05, 4.69) is 15.3 Å². The van der Waals surface area contributed by atoms with Crippen molar-refractivity contribution in [3.05, 3.63) is 16.3 Å². The maximum Gasteiger partial charge on any atom is 0.329 e. The molecule has 1 rings (SSSR count). The van der Waals surface area contributed by atoms with Crippen molar-refractivity contribution in [2.75, 3.05) is 24.7 Å². The number of nitrogens with two attached hydrogens (primary N) is 1. The first-order valence-electron chi connectivity index (χ1n) is 4.58. The molecule has 1 heterocycles. The van der Waals surface area contributed by atoms with Crippen molar-refractivity contribution in [3.8, 4) is 0 Å². The highest BCUT2D eigenvalue weighted by atomic mass is 16.6. The molecule has 1 atom stereocenters. The molecule has 8 heteroatoms. The van der Waals surface area contributed by atoms with Crippen molar-refractivity contribution < 1.29 is 9.66 Å². The first kappa shape index (κ1) is 12.1. The third-order valence-corrected chi connectivity index (χ3v) is 1.94. The SMILES string of the molecule is COC(C)CNc1nc(N)ncc1[N+](=O)[O-]. The molecule has 0 aliphatic rings. The summed E-state index contributed by atoms with van der Waals surface area (Å²) in [5.74, 6) is 0.0829. The lowest BCUT2D eigenvalue weighted by Gasteiger charge is -2.11. The number of ether oxygens (including phenoxy) is 1. The van der Waals surface area contributed by atoms with E-state index in [1.54, 1.807) is 7.11 Å². The number of nitrogen functional groups attached to an aromatic ring is 1. The summed E-state index contributed by atoms with van der Waals surface area (Å²) in [6.07, 6.45) is 0.984. The minimum atomic E-state index is -0.570. The van der Waals surface area contributed by atoms with Crippen LogP contribution in [0.15, 0.2) is 6.20 Å².